The predicted octanol–water partition coefficient (Wildman–Crippen LogP) is 3.16. The van der Waals surface area contributed by atoms with Crippen LogP contribution < -0.4 is 0 Å². The normalized spacial score (nSPS) is 11.7. The minimum Gasteiger partial charge on any atom is -0.258 e. The maximum absolute atomic E-state index is 12.8. The Hall–Kier alpha value is -2.18. The SMILES string of the molecule is O=[N+]([O-])c1cnc2ccccc2c1C(F)(F)F. The zero-order valence-corrected chi connectivity index (χ0v) is 8.23. The van der Waals surface area contributed by atoms with E-state index in [1.54, 1.807) is 0 Å². The van der Waals surface area contributed by atoms with E-state index in [9.17, 15) is 23.3 Å². The van der Waals surface area contributed by atoms with Gasteiger partial charge >= 0.3 is 6.18 Å². The molecule has 7 heteroatoms. The number of nitrogens with zero attached hydrogens (tertiary/aromatic N) is 2. The van der Waals surface area contributed by atoms with Gasteiger partial charge in [-0.15, -0.1) is 0 Å². The maximum atomic E-state index is 12.8. The van der Waals surface area contributed by atoms with Crippen molar-refractivity contribution in [3.05, 3.63) is 46.1 Å². The zero-order valence-electron chi connectivity index (χ0n) is 8.23. The topological polar surface area (TPSA) is 56.0 Å². The molecule has 0 amide bonds. The van der Waals surface area contributed by atoms with Crippen LogP contribution in [0.5, 0.6) is 0 Å². The second-order valence-electron chi connectivity index (χ2n) is 3.29. The molecule has 2 rings (SSSR count). The van der Waals surface area contributed by atoms with Crippen LogP contribution >= 0.6 is 0 Å². The molecule has 1 aromatic carbocycles. The molecule has 1 heterocycles. The van der Waals surface area contributed by atoms with Crippen LogP contribution in [0.2, 0.25) is 0 Å². The van der Waals surface area contributed by atoms with E-state index in [2.05, 4.69) is 4.98 Å². The number of para-hydroxylation sites is 1. The fourth-order valence-electron chi connectivity index (χ4n) is 1.57. The molecule has 0 fully saturated rings. The van der Waals surface area contributed by atoms with E-state index in [1.807, 2.05) is 0 Å². The van der Waals surface area contributed by atoms with Crippen molar-refractivity contribution in [3.63, 3.8) is 0 Å². The molecule has 0 spiro atoms. The lowest BCUT2D eigenvalue weighted by Gasteiger charge is -2.09. The number of rotatable bonds is 1. The van der Waals surface area contributed by atoms with E-state index in [-0.39, 0.29) is 10.9 Å². The first-order chi connectivity index (χ1) is 7.91. The van der Waals surface area contributed by atoms with Gasteiger partial charge in [-0.1, -0.05) is 18.2 Å². The van der Waals surface area contributed by atoms with Crippen LogP contribution in [-0.2, 0) is 6.18 Å². The number of hydrogen-bond acceptors (Lipinski definition) is 3. The molecule has 4 nitrogen and oxygen atoms in total. The highest BCUT2D eigenvalue weighted by Crippen LogP contribution is 2.39. The largest absolute Gasteiger partial charge is 0.423 e. The Kier molecular flexibility index (Phi) is 2.45. The monoisotopic (exact) mass is 242 g/mol. The molecule has 1 aromatic heterocycles. The molecular formula is C10H5F3N2O2. The predicted molar refractivity (Wildman–Crippen MR) is 53.4 cm³/mol. The van der Waals surface area contributed by atoms with E-state index >= 15 is 0 Å². The van der Waals surface area contributed by atoms with Crippen molar-refractivity contribution >= 4 is 16.6 Å². The number of hydrogen-bond donors (Lipinski definition) is 0. The van der Waals surface area contributed by atoms with Crippen LogP contribution in [0.1, 0.15) is 5.56 Å². The molecular weight excluding hydrogens is 237 g/mol. The van der Waals surface area contributed by atoms with Gasteiger partial charge in [0.2, 0.25) is 0 Å². The van der Waals surface area contributed by atoms with Crippen LogP contribution in [0.25, 0.3) is 10.9 Å². The quantitative estimate of drug-likeness (QED) is 0.570. The summed E-state index contributed by atoms with van der Waals surface area (Å²) in [6.07, 6.45) is -4.16. The van der Waals surface area contributed by atoms with Gasteiger partial charge in [0, 0.05) is 5.39 Å². The Balaban J connectivity index is 2.90. The number of halogens is 3. The summed E-state index contributed by atoms with van der Waals surface area (Å²) in [6.45, 7) is 0. The van der Waals surface area contributed by atoms with Crippen molar-refractivity contribution in [1.29, 1.82) is 0 Å². The third-order valence-corrected chi connectivity index (χ3v) is 2.24. The number of benzene rings is 1. The number of fused-ring (bicyclic) bond motifs is 1. The van der Waals surface area contributed by atoms with Crippen LogP contribution in [0, 0.1) is 10.1 Å². The summed E-state index contributed by atoms with van der Waals surface area (Å²) in [5.41, 5.74) is -2.21. The number of pyridine rings is 1. The Morgan fingerprint density at radius 3 is 2.47 bits per heavy atom. The summed E-state index contributed by atoms with van der Waals surface area (Å²) in [7, 11) is 0. The number of aromatic nitrogens is 1. The van der Waals surface area contributed by atoms with Crippen LogP contribution in [0.3, 0.4) is 0 Å². The molecule has 2 aromatic rings. The first-order valence-electron chi connectivity index (χ1n) is 4.50. The lowest BCUT2D eigenvalue weighted by atomic mass is 10.1. The molecule has 17 heavy (non-hydrogen) atoms. The Morgan fingerprint density at radius 1 is 1.24 bits per heavy atom. The van der Waals surface area contributed by atoms with Gasteiger partial charge in [0.05, 0.1) is 10.4 Å². The highest BCUT2D eigenvalue weighted by molar-refractivity contribution is 5.85. The summed E-state index contributed by atoms with van der Waals surface area (Å²) in [4.78, 5) is 13.1. The lowest BCUT2D eigenvalue weighted by Crippen LogP contribution is -2.10. The van der Waals surface area contributed by atoms with E-state index in [4.69, 9.17) is 0 Å². The molecule has 0 bridgehead atoms. The van der Waals surface area contributed by atoms with E-state index in [1.165, 1.54) is 18.2 Å². The average Bonchev–Trinajstić information content (AvgIpc) is 2.26. The maximum Gasteiger partial charge on any atom is 0.423 e. The van der Waals surface area contributed by atoms with Crippen molar-refractivity contribution in [2.75, 3.05) is 0 Å². The van der Waals surface area contributed by atoms with Gasteiger partial charge in [-0.2, -0.15) is 13.2 Å². The molecule has 0 aliphatic heterocycles. The van der Waals surface area contributed by atoms with Gasteiger partial charge in [0.1, 0.15) is 11.8 Å². The van der Waals surface area contributed by atoms with Crippen molar-refractivity contribution < 1.29 is 18.1 Å². The van der Waals surface area contributed by atoms with Crippen LogP contribution in [-0.4, -0.2) is 9.91 Å². The minimum absolute atomic E-state index is 0.0745. The fraction of sp³-hybridized carbons (Fsp3) is 0.100. The van der Waals surface area contributed by atoms with E-state index < -0.39 is 22.4 Å². The van der Waals surface area contributed by atoms with Gasteiger partial charge in [-0.05, 0) is 6.07 Å². The summed E-state index contributed by atoms with van der Waals surface area (Å²) >= 11 is 0. The lowest BCUT2D eigenvalue weighted by molar-refractivity contribution is -0.388. The molecule has 0 radical (unpaired) electrons. The Labute approximate surface area is 92.8 Å². The van der Waals surface area contributed by atoms with Gasteiger partial charge in [-0.3, -0.25) is 10.1 Å². The zero-order chi connectivity index (χ0) is 12.6. The Bertz CT molecular complexity index is 596. The molecule has 0 aliphatic carbocycles. The van der Waals surface area contributed by atoms with Crippen molar-refractivity contribution in [3.8, 4) is 0 Å². The van der Waals surface area contributed by atoms with Crippen LogP contribution in [0.15, 0.2) is 30.5 Å². The second kappa shape index (κ2) is 3.69. The highest BCUT2D eigenvalue weighted by Gasteiger charge is 2.40. The smallest absolute Gasteiger partial charge is 0.258 e. The highest BCUT2D eigenvalue weighted by atomic mass is 19.4. The molecule has 0 saturated heterocycles. The molecule has 0 atom stereocenters. The summed E-state index contributed by atoms with van der Waals surface area (Å²) in [6, 6.07) is 5.43. The third-order valence-electron chi connectivity index (χ3n) is 2.24. The van der Waals surface area contributed by atoms with Crippen molar-refractivity contribution in [2.45, 2.75) is 6.18 Å². The number of nitro groups is 1. The fourth-order valence-corrected chi connectivity index (χ4v) is 1.57. The van der Waals surface area contributed by atoms with Crippen molar-refractivity contribution in [2.24, 2.45) is 0 Å². The Morgan fingerprint density at radius 2 is 1.88 bits per heavy atom. The van der Waals surface area contributed by atoms with Gasteiger partial charge in [-0.25, -0.2) is 4.98 Å². The first kappa shape index (κ1) is 11.3. The standard InChI is InChI=1S/C10H5F3N2O2/c11-10(12,13)9-6-3-1-2-4-7(6)14-5-8(9)15(16)17/h1-5H. The summed E-state index contributed by atoms with van der Waals surface area (Å²) < 4.78 is 38.4. The third kappa shape index (κ3) is 1.91. The van der Waals surface area contributed by atoms with E-state index in [0.29, 0.717) is 6.20 Å². The summed E-state index contributed by atoms with van der Waals surface area (Å²) in [5, 5.41) is 10.3. The van der Waals surface area contributed by atoms with E-state index in [0.717, 1.165) is 6.07 Å². The first-order valence-corrected chi connectivity index (χ1v) is 4.50. The number of alkyl halides is 3. The van der Waals surface area contributed by atoms with Gasteiger partial charge in [0.15, 0.2) is 0 Å². The van der Waals surface area contributed by atoms with Crippen LogP contribution in [0.4, 0.5) is 18.9 Å². The van der Waals surface area contributed by atoms with Crippen molar-refractivity contribution in [1.82, 2.24) is 4.98 Å². The summed E-state index contributed by atoms with van der Waals surface area (Å²) in [5.74, 6) is 0. The second-order valence-corrected chi connectivity index (χ2v) is 3.29. The average molecular weight is 242 g/mol. The van der Waals surface area contributed by atoms with Gasteiger partial charge < -0.3 is 0 Å². The molecule has 0 N–H and O–H groups in total. The molecule has 88 valence electrons. The van der Waals surface area contributed by atoms with Gasteiger partial charge in [0.25, 0.3) is 5.69 Å². The molecule has 0 saturated carbocycles. The minimum atomic E-state index is -4.79. The molecule has 0 aliphatic rings. The molecule has 0 unspecified atom stereocenters.